The molecule has 0 spiro atoms. The number of hydrogen-bond donors (Lipinski definition) is 2. The predicted molar refractivity (Wildman–Crippen MR) is 117 cm³/mol. The van der Waals surface area contributed by atoms with Gasteiger partial charge in [0.2, 0.25) is 5.91 Å². The molecule has 3 N–H and O–H groups in total. The summed E-state index contributed by atoms with van der Waals surface area (Å²) in [6.45, 7) is -0.201. The summed E-state index contributed by atoms with van der Waals surface area (Å²) >= 11 is 0. The van der Waals surface area contributed by atoms with Crippen molar-refractivity contribution in [3.63, 3.8) is 0 Å². The molecule has 1 aliphatic carbocycles. The summed E-state index contributed by atoms with van der Waals surface area (Å²) < 4.78 is 5.25. The maximum absolute atomic E-state index is 13.3. The molecule has 3 atom stereocenters. The Balaban J connectivity index is 1.50. The molecule has 1 heterocycles. The van der Waals surface area contributed by atoms with Crippen LogP contribution in [0.3, 0.4) is 0 Å². The summed E-state index contributed by atoms with van der Waals surface area (Å²) in [6.07, 6.45) is 4.92. The quantitative estimate of drug-likeness (QED) is 0.749. The third-order valence-corrected chi connectivity index (χ3v) is 6.15. The molecule has 7 nitrogen and oxygen atoms in total. The van der Waals surface area contributed by atoms with Crippen LogP contribution in [-0.4, -0.2) is 41.3 Å². The van der Waals surface area contributed by atoms with E-state index in [1.54, 1.807) is 36.4 Å². The van der Waals surface area contributed by atoms with Gasteiger partial charge in [0, 0.05) is 17.3 Å². The lowest BCUT2D eigenvalue weighted by molar-refractivity contribution is -0.120. The van der Waals surface area contributed by atoms with Gasteiger partial charge in [0.05, 0.1) is 0 Å². The summed E-state index contributed by atoms with van der Waals surface area (Å²) in [5, 5.41) is 2.94. The van der Waals surface area contributed by atoms with Crippen LogP contribution in [0.4, 0.5) is 5.69 Å². The van der Waals surface area contributed by atoms with E-state index >= 15 is 0 Å². The highest BCUT2D eigenvalue weighted by Crippen LogP contribution is 2.40. The van der Waals surface area contributed by atoms with Gasteiger partial charge in [-0.25, -0.2) is 0 Å². The van der Waals surface area contributed by atoms with E-state index in [0.717, 1.165) is 25.7 Å². The fourth-order valence-electron chi connectivity index (χ4n) is 4.73. The molecule has 1 saturated heterocycles. The van der Waals surface area contributed by atoms with Crippen molar-refractivity contribution in [1.82, 2.24) is 4.90 Å². The number of nitrogens with one attached hydrogen (secondary N) is 1. The second kappa shape index (κ2) is 9.20. The molecule has 2 aromatic rings. The second-order valence-electron chi connectivity index (χ2n) is 8.21. The van der Waals surface area contributed by atoms with Crippen LogP contribution >= 0.6 is 0 Å². The van der Waals surface area contributed by atoms with E-state index in [-0.39, 0.29) is 24.5 Å². The van der Waals surface area contributed by atoms with E-state index < -0.39 is 11.9 Å². The fraction of sp³-hybridized carbons (Fsp3) is 0.375. The van der Waals surface area contributed by atoms with Gasteiger partial charge in [0.25, 0.3) is 11.8 Å². The Morgan fingerprint density at radius 3 is 2.42 bits per heavy atom. The lowest BCUT2D eigenvalue weighted by Gasteiger charge is -2.33. The van der Waals surface area contributed by atoms with Crippen molar-refractivity contribution in [3.05, 3.63) is 60.2 Å². The summed E-state index contributed by atoms with van der Waals surface area (Å²) in [5.74, 6) is 0.0457. The summed E-state index contributed by atoms with van der Waals surface area (Å²) in [4.78, 5) is 39.2. The Kier molecular flexibility index (Phi) is 6.21. The number of fused-ring (bicyclic) bond motifs is 1. The minimum atomic E-state index is -0.553. The number of anilines is 1. The van der Waals surface area contributed by atoms with Gasteiger partial charge in [-0.1, -0.05) is 31.0 Å². The predicted octanol–water partition coefficient (Wildman–Crippen LogP) is 2.96. The van der Waals surface area contributed by atoms with E-state index in [0.29, 0.717) is 29.3 Å². The fourth-order valence-corrected chi connectivity index (χ4v) is 4.73. The van der Waals surface area contributed by atoms with Crippen molar-refractivity contribution in [1.29, 1.82) is 0 Å². The van der Waals surface area contributed by atoms with Gasteiger partial charge in [0.1, 0.15) is 11.8 Å². The monoisotopic (exact) mass is 421 g/mol. The van der Waals surface area contributed by atoms with E-state index in [4.69, 9.17) is 10.5 Å². The van der Waals surface area contributed by atoms with Crippen LogP contribution in [0.25, 0.3) is 0 Å². The molecule has 3 amide bonds. The Labute approximate surface area is 181 Å². The molecule has 4 rings (SSSR count). The number of nitrogens with zero attached hydrogens (tertiary/aromatic N) is 1. The van der Waals surface area contributed by atoms with Crippen LogP contribution in [-0.2, 0) is 9.59 Å². The number of carbonyl (C=O) groups is 3. The molecule has 1 aliphatic heterocycles. The van der Waals surface area contributed by atoms with Crippen molar-refractivity contribution in [2.24, 2.45) is 11.7 Å². The first kappa shape index (κ1) is 20.9. The van der Waals surface area contributed by atoms with E-state index in [9.17, 15) is 14.4 Å². The van der Waals surface area contributed by atoms with Crippen molar-refractivity contribution < 1.29 is 19.1 Å². The van der Waals surface area contributed by atoms with Crippen molar-refractivity contribution >= 4 is 23.4 Å². The van der Waals surface area contributed by atoms with E-state index in [1.165, 1.54) is 0 Å². The number of carbonyl (C=O) groups excluding carboxylic acids is 3. The smallest absolute Gasteiger partial charge is 0.255 e. The van der Waals surface area contributed by atoms with Crippen LogP contribution in [0.2, 0.25) is 0 Å². The minimum Gasteiger partial charge on any atom is -0.484 e. The maximum atomic E-state index is 13.3. The number of amides is 3. The lowest BCUT2D eigenvalue weighted by atomic mass is 9.84. The molecular formula is C24H27N3O4. The number of hydrogen-bond acceptors (Lipinski definition) is 4. The third-order valence-electron chi connectivity index (χ3n) is 6.15. The number of ether oxygens (including phenoxy) is 1. The Hall–Kier alpha value is -3.35. The molecule has 2 aliphatic rings. The normalized spacial score (nSPS) is 22.5. The first-order valence-corrected chi connectivity index (χ1v) is 10.7. The highest BCUT2D eigenvalue weighted by molar-refractivity contribution is 6.01. The molecular weight excluding hydrogens is 394 g/mol. The first-order chi connectivity index (χ1) is 15.0. The number of benzene rings is 2. The molecule has 0 bridgehead atoms. The summed E-state index contributed by atoms with van der Waals surface area (Å²) in [7, 11) is 0. The minimum absolute atomic E-state index is 0.0784. The number of rotatable bonds is 6. The van der Waals surface area contributed by atoms with Crippen molar-refractivity contribution in [2.75, 3.05) is 11.9 Å². The van der Waals surface area contributed by atoms with Crippen molar-refractivity contribution in [3.8, 4) is 5.75 Å². The zero-order valence-electron chi connectivity index (χ0n) is 17.3. The molecule has 0 radical (unpaired) electrons. The molecule has 2 aromatic carbocycles. The SMILES string of the molecule is NC(=O)COc1ccc(NC(=O)C2CC3CCCCC3N2C(=O)c2ccccc2)cc1. The summed E-state index contributed by atoms with van der Waals surface area (Å²) in [6, 6.07) is 15.5. The van der Waals surface area contributed by atoms with Gasteiger partial charge < -0.3 is 20.7 Å². The van der Waals surface area contributed by atoms with Gasteiger partial charge in [-0.2, -0.15) is 0 Å². The average Bonchev–Trinajstić information content (AvgIpc) is 3.18. The molecule has 3 unspecified atom stereocenters. The zero-order chi connectivity index (χ0) is 21.8. The third kappa shape index (κ3) is 4.71. The first-order valence-electron chi connectivity index (χ1n) is 10.7. The molecule has 31 heavy (non-hydrogen) atoms. The highest BCUT2D eigenvalue weighted by Gasteiger charge is 2.47. The topological polar surface area (TPSA) is 102 Å². The van der Waals surface area contributed by atoms with Crippen LogP contribution in [0.1, 0.15) is 42.5 Å². The summed E-state index contributed by atoms with van der Waals surface area (Å²) in [5.41, 5.74) is 6.30. The van der Waals surface area contributed by atoms with Crippen LogP contribution < -0.4 is 15.8 Å². The Morgan fingerprint density at radius 1 is 1.00 bits per heavy atom. The number of likely N-dealkylation sites (tertiary alicyclic amines) is 1. The number of primary amides is 1. The second-order valence-corrected chi connectivity index (χ2v) is 8.21. The molecule has 2 fully saturated rings. The van der Waals surface area contributed by atoms with Gasteiger partial charge >= 0.3 is 0 Å². The van der Waals surface area contributed by atoms with Crippen LogP contribution in [0, 0.1) is 5.92 Å². The van der Waals surface area contributed by atoms with Gasteiger partial charge in [-0.15, -0.1) is 0 Å². The lowest BCUT2D eigenvalue weighted by Crippen LogP contribution is -2.47. The van der Waals surface area contributed by atoms with E-state index in [1.807, 2.05) is 23.1 Å². The molecule has 0 aromatic heterocycles. The van der Waals surface area contributed by atoms with Crippen molar-refractivity contribution in [2.45, 2.75) is 44.2 Å². The zero-order valence-corrected chi connectivity index (χ0v) is 17.3. The van der Waals surface area contributed by atoms with Crippen LogP contribution in [0.15, 0.2) is 54.6 Å². The van der Waals surface area contributed by atoms with Gasteiger partial charge in [0.15, 0.2) is 6.61 Å². The standard InChI is InChI=1S/C24H27N3O4/c25-22(28)15-31-19-12-10-18(11-13-19)26-23(29)21-14-17-8-4-5-9-20(17)27(21)24(30)16-6-2-1-3-7-16/h1-3,6-7,10-13,17,20-21H,4-5,8-9,14-15H2,(H2,25,28)(H,26,29). The highest BCUT2D eigenvalue weighted by atomic mass is 16.5. The molecule has 7 heteroatoms. The average molecular weight is 421 g/mol. The molecule has 162 valence electrons. The Bertz CT molecular complexity index is 945. The van der Waals surface area contributed by atoms with Gasteiger partial charge in [-0.05, 0) is 61.6 Å². The largest absolute Gasteiger partial charge is 0.484 e. The Morgan fingerprint density at radius 2 is 1.71 bits per heavy atom. The van der Waals surface area contributed by atoms with Crippen LogP contribution in [0.5, 0.6) is 5.75 Å². The molecule has 1 saturated carbocycles. The van der Waals surface area contributed by atoms with E-state index in [2.05, 4.69) is 5.32 Å². The number of nitrogens with two attached hydrogens (primary N) is 1. The van der Waals surface area contributed by atoms with Gasteiger partial charge in [-0.3, -0.25) is 14.4 Å². The maximum Gasteiger partial charge on any atom is 0.255 e.